The second-order valence-corrected chi connectivity index (χ2v) is 5.65. The Morgan fingerprint density at radius 2 is 2.04 bits per heavy atom. The number of rotatable bonds is 6. The quantitative estimate of drug-likeness (QED) is 0.250. The standard InChI is InChI=1S/C15H13IN2O5/c1-22-14-7-11(8-17-19)6-13(16)15(14)23-9-10-2-4-12(5-3-10)18(20)21/h2-8,19H,9H2,1H3. The Labute approximate surface area is 145 Å². The molecule has 0 aliphatic rings. The molecule has 0 spiro atoms. The highest BCUT2D eigenvalue weighted by Crippen LogP contribution is 2.34. The van der Waals surface area contributed by atoms with E-state index in [0.29, 0.717) is 17.1 Å². The molecule has 0 aliphatic heterocycles. The zero-order valence-corrected chi connectivity index (χ0v) is 14.3. The van der Waals surface area contributed by atoms with E-state index in [0.717, 1.165) is 9.13 Å². The highest BCUT2D eigenvalue weighted by atomic mass is 127. The topological polar surface area (TPSA) is 94.2 Å². The number of non-ortho nitro benzene ring substituents is 1. The van der Waals surface area contributed by atoms with Crippen molar-refractivity contribution < 1.29 is 19.6 Å². The average molecular weight is 428 g/mol. The Kier molecular flexibility index (Phi) is 5.74. The van der Waals surface area contributed by atoms with Crippen molar-refractivity contribution in [3.05, 3.63) is 61.2 Å². The number of halogens is 1. The molecule has 0 aliphatic carbocycles. The minimum atomic E-state index is -0.446. The Hall–Kier alpha value is -2.36. The maximum absolute atomic E-state index is 10.6. The first-order valence-corrected chi connectivity index (χ1v) is 7.54. The van der Waals surface area contributed by atoms with Crippen molar-refractivity contribution in [2.24, 2.45) is 5.16 Å². The van der Waals surface area contributed by atoms with Crippen molar-refractivity contribution in [3.63, 3.8) is 0 Å². The van der Waals surface area contributed by atoms with Crippen LogP contribution in [0, 0.1) is 13.7 Å². The number of hydrogen-bond donors (Lipinski definition) is 1. The number of methoxy groups -OCH3 is 1. The molecule has 0 amide bonds. The van der Waals surface area contributed by atoms with Gasteiger partial charge in [0.25, 0.3) is 5.69 Å². The van der Waals surface area contributed by atoms with Gasteiger partial charge in [-0.25, -0.2) is 0 Å². The molecule has 0 heterocycles. The summed E-state index contributed by atoms with van der Waals surface area (Å²) in [4.78, 5) is 10.2. The fourth-order valence-corrected chi connectivity index (χ4v) is 2.67. The van der Waals surface area contributed by atoms with Crippen molar-refractivity contribution in [1.82, 2.24) is 0 Å². The van der Waals surface area contributed by atoms with Crippen molar-refractivity contribution in [3.8, 4) is 11.5 Å². The van der Waals surface area contributed by atoms with Gasteiger partial charge in [0.2, 0.25) is 0 Å². The van der Waals surface area contributed by atoms with Gasteiger partial charge in [0.05, 0.1) is 21.8 Å². The number of oxime groups is 1. The highest BCUT2D eigenvalue weighted by Gasteiger charge is 2.12. The van der Waals surface area contributed by atoms with Crippen LogP contribution in [0.5, 0.6) is 11.5 Å². The molecule has 120 valence electrons. The van der Waals surface area contributed by atoms with Gasteiger partial charge in [-0.1, -0.05) is 5.16 Å². The summed E-state index contributed by atoms with van der Waals surface area (Å²) in [6.07, 6.45) is 1.30. The van der Waals surface area contributed by atoms with Gasteiger partial charge in [-0.2, -0.15) is 0 Å². The lowest BCUT2D eigenvalue weighted by Crippen LogP contribution is -2.01. The summed E-state index contributed by atoms with van der Waals surface area (Å²) in [5.74, 6) is 1.07. The molecule has 0 unspecified atom stereocenters. The van der Waals surface area contributed by atoms with Crippen LogP contribution in [0.4, 0.5) is 5.69 Å². The first-order chi connectivity index (χ1) is 11.0. The maximum atomic E-state index is 10.6. The summed E-state index contributed by atoms with van der Waals surface area (Å²) >= 11 is 2.09. The lowest BCUT2D eigenvalue weighted by Gasteiger charge is -2.13. The number of nitro benzene ring substituents is 1. The van der Waals surface area contributed by atoms with Gasteiger partial charge in [0.1, 0.15) is 6.61 Å². The molecule has 1 N–H and O–H groups in total. The monoisotopic (exact) mass is 428 g/mol. The van der Waals surface area contributed by atoms with Crippen LogP contribution in [0.1, 0.15) is 11.1 Å². The van der Waals surface area contributed by atoms with Crippen LogP contribution in [0.15, 0.2) is 41.6 Å². The smallest absolute Gasteiger partial charge is 0.269 e. The van der Waals surface area contributed by atoms with E-state index in [1.54, 1.807) is 24.3 Å². The number of hydrogen-bond acceptors (Lipinski definition) is 6. The molecule has 7 nitrogen and oxygen atoms in total. The van der Waals surface area contributed by atoms with E-state index < -0.39 is 4.92 Å². The lowest BCUT2D eigenvalue weighted by atomic mass is 10.2. The van der Waals surface area contributed by atoms with Crippen LogP contribution in [0.2, 0.25) is 0 Å². The Bertz CT molecular complexity index is 731. The molecule has 23 heavy (non-hydrogen) atoms. The normalized spacial score (nSPS) is 10.7. The van der Waals surface area contributed by atoms with E-state index >= 15 is 0 Å². The second kappa shape index (κ2) is 7.77. The summed E-state index contributed by atoms with van der Waals surface area (Å²) in [5, 5.41) is 22.2. The third-order valence-corrected chi connectivity index (χ3v) is 3.79. The molecule has 0 radical (unpaired) electrons. The fraction of sp³-hybridized carbons (Fsp3) is 0.133. The van der Waals surface area contributed by atoms with Gasteiger partial charge in [-0.05, 0) is 52.4 Å². The molecule has 0 aromatic heterocycles. The molecule has 0 atom stereocenters. The number of nitrogens with zero attached hydrogens (tertiary/aromatic N) is 2. The minimum absolute atomic E-state index is 0.0357. The maximum Gasteiger partial charge on any atom is 0.269 e. The van der Waals surface area contributed by atoms with Crippen LogP contribution < -0.4 is 9.47 Å². The molecular formula is C15H13IN2O5. The second-order valence-electron chi connectivity index (χ2n) is 4.49. The van der Waals surface area contributed by atoms with Crippen LogP contribution in [0.25, 0.3) is 0 Å². The first-order valence-electron chi connectivity index (χ1n) is 6.46. The molecule has 0 saturated carbocycles. The summed E-state index contributed by atoms with van der Waals surface area (Å²) in [7, 11) is 1.52. The summed E-state index contributed by atoms with van der Waals surface area (Å²) < 4.78 is 11.8. The molecule has 2 aromatic carbocycles. The summed E-state index contributed by atoms with van der Waals surface area (Å²) in [6.45, 7) is 0.248. The largest absolute Gasteiger partial charge is 0.493 e. The van der Waals surface area contributed by atoms with E-state index in [2.05, 4.69) is 27.7 Å². The van der Waals surface area contributed by atoms with Gasteiger partial charge in [0.15, 0.2) is 11.5 Å². The molecular weight excluding hydrogens is 415 g/mol. The lowest BCUT2D eigenvalue weighted by molar-refractivity contribution is -0.384. The molecule has 2 aromatic rings. The highest BCUT2D eigenvalue weighted by molar-refractivity contribution is 14.1. The zero-order valence-electron chi connectivity index (χ0n) is 12.1. The SMILES string of the molecule is COc1cc(C=NO)cc(I)c1OCc1ccc([N+](=O)[O-])cc1. The predicted octanol–water partition coefficient (Wildman–Crippen LogP) is 3.60. The Balaban J connectivity index is 2.18. The van der Waals surface area contributed by atoms with Crippen LogP contribution >= 0.6 is 22.6 Å². The molecule has 0 saturated heterocycles. The predicted molar refractivity (Wildman–Crippen MR) is 92.5 cm³/mol. The Morgan fingerprint density at radius 3 is 2.61 bits per heavy atom. The summed E-state index contributed by atoms with van der Waals surface area (Å²) in [5.41, 5.74) is 1.51. The zero-order chi connectivity index (χ0) is 16.8. The third-order valence-electron chi connectivity index (χ3n) is 2.99. The van der Waals surface area contributed by atoms with Crippen molar-refractivity contribution in [1.29, 1.82) is 0 Å². The van der Waals surface area contributed by atoms with Gasteiger partial charge >= 0.3 is 0 Å². The van der Waals surface area contributed by atoms with Gasteiger partial charge in [-0.3, -0.25) is 10.1 Å². The van der Waals surface area contributed by atoms with E-state index in [-0.39, 0.29) is 12.3 Å². The van der Waals surface area contributed by atoms with E-state index in [4.69, 9.17) is 14.7 Å². The van der Waals surface area contributed by atoms with Crippen molar-refractivity contribution in [2.45, 2.75) is 6.61 Å². The fourth-order valence-electron chi connectivity index (χ4n) is 1.89. The first kappa shape index (κ1) is 17.0. The van der Waals surface area contributed by atoms with E-state index in [1.165, 1.54) is 25.5 Å². The Morgan fingerprint density at radius 1 is 1.35 bits per heavy atom. The van der Waals surface area contributed by atoms with Crippen LogP contribution in [0.3, 0.4) is 0 Å². The molecule has 2 rings (SSSR count). The van der Waals surface area contributed by atoms with Gasteiger partial charge in [0, 0.05) is 17.7 Å². The molecule has 0 fully saturated rings. The minimum Gasteiger partial charge on any atom is -0.493 e. The summed E-state index contributed by atoms with van der Waals surface area (Å²) in [6, 6.07) is 9.62. The average Bonchev–Trinajstić information content (AvgIpc) is 2.54. The van der Waals surface area contributed by atoms with Crippen molar-refractivity contribution >= 4 is 34.5 Å². The van der Waals surface area contributed by atoms with Crippen LogP contribution in [-0.2, 0) is 6.61 Å². The van der Waals surface area contributed by atoms with E-state index in [1.807, 2.05) is 0 Å². The number of ether oxygens (including phenoxy) is 2. The van der Waals surface area contributed by atoms with Crippen molar-refractivity contribution in [2.75, 3.05) is 7.11 Å². The number of nitro groups is 1. The van der Waals surface area contributed by atoms with Gasteiger partial charge < -0.3 is 14.7 Å². The molecule has 0 bridgehead atoms. The van der Waals surface area contributed by atoms with E-state index in [9.17, 15) is 10.1 Å². The third kappa shape index (κ3) is 4.31. The van der Waals surface area contributed by atoms with Crippen LogP contribution in [-0.4, -0.2) is 23.5 Å². The van der Waals surface area contributed by atoms with Gasteiger partial charge in [-0.15, -0.1) is 0 Å². The molecule has 8 heteroatoms. The number of benzene rings is 2.